The van der Waals surface area contributed by atoms with Crippen LogP contribution in [-0.4, -0.2) is 24.7 Å². The molecule has 0 spiro atoms. The van der Waals surface area contributed by atoms with E-state index in [1.165, 1.54) is 0 Å². The highest BCUT2D eigenvalue weighted by Gasteiger charge is 2.10. The van der Waals surface area contributed by atoms with E-state index < -0.39 is 0 Å². The number of para-hydroxylation sites is 1. The number of nitrogens with one attached hydrogen (secondary N) is 1. The van der Waals surface area contributed by atoms with E-state index in [9.17, 15) is 0 Å². The summed E-state index contributed by atoms with van der Waals surface area (Å²) < 4.78 is 11.1. The number of amidine groups is 1. The second kappa shape index (κ2) is 5.68. The minimum Gasteiger partial charge on any atom is -0.490 e. The number of hydrogen-bond acceptors (Lipinski definition) is 3. The lowest BCUT2D eigenvalue weighted by Gasteiger charge is -2.19. The zero-order valence-corrected chi connectivity index (χ0v) is 10.6. The molecular weight excluding hydrogens is 216 g/mol. The molecule has 0 saturated heterocycles. The Morgan fingerprint density at radius 2 is 1.88 bits per heavy atom. The van der Waals surface area contributed by atoms with Crippen molar-refractivity contribution in [2.45, 2.75) is 26.4 Å². The SMILES string of the molecule is CC(C)(C)OCCOc1ccccc1C(=N)N. The van der Waals surface area contributed by atoms with Crippen molar-refractivity contribution >= 4 is 5.84 Å². The van der Waals surface area contributed by atoms with Gasteiger partial charge in [0.1, 0.15) is 18.2 Å². The van der Waals surface area contributed by atoms with Crippen LogP contribution < -0.4 is 10.5 Å². The number of nitrogen functional groups attached to an aromatic ring is 1. The lowest BCUT2D eigenvalue weighted by Crippen LogP contribution is -2.23. The van der Waals surface area contributed by atoms with Crippen LogP contribution in [-0.2, 0) is 4.74 Å². The highest BCUT2D eigenvalue weighted by molar-refractivity contribution is 5.97. The minimum atomic E-state index is -0.163. The fraction of sp³-hybridized carbons (Fsp3) is 0.462. The van der Waals surface area contributed by atoms with Crippen molar-refractivity contribution in [3.8, 4) is 5.75 Å². The first-order valence-corrected chi connectivity index (χ1v) is 5.60. The molecule has 0 saturated carbocycles. The number of hydrogen-bond donors (Lipinski definition) is 2. The maximum absolute atomic E-state index is 7.42. The molecule has 0 atom stereocenters. The minimum absolute atomic E-state index is 0.0114. The fourth-order valence-corrected chi connectivity index (χ4v) is 1.31. The molecule has 0 fully saturated rings. The number of benzene rings is 1. The molecule has 0 aliphatic carbocycles. The Labute approximate surface area is 102 Å². The normalized spacial score (nSPS) is 11.2. The summed E-state index contributed by atoms with van der Waals surface area (Å²) in [4.78, 5) is 0. The van der Waals surface area contributed by atoms with Gasteiger partial charge in [-0.05, 0) is 32.9 Å². The predicted molar refractivity (Wildman–Crippen MR) is 68.7 cm³/mol. The second-order valence-corrected chi connectivity index (χ2v) is 4.72. The Bertz CT molecular complexity index is 383. The average molecular weight is 236 g/mol. The van der Waals surface area contributed by atoms with Crippen molar-refractivity contribution in [2.75, 3.05) is 13.2 Å². The van der Waals surface area contributed by atoms with Gasteiger partial charge in [0.2, 0.25) is 0 Å². The molecule has 0 bridgehead atoms. The van der Waals surface area contributed by atoms with Crippen molar-refractivity contribution < 1.29 is 9.47 Å². The maximum Gasteiger partial charge on any atom is 0.130 e. The van der Waals surface area contributed by atoms with Gasteiger partial charge in [-0.3, -0.25) is 5.41 Å². The Hall–Kier alpha value is -1.55. The van der Waals surface area contributed by atoms with Gasteiger partial charge in [-0.15, -0.1) is 0 Å². The Kier molecular flexibility index (Phi) is 4.52. The molecule has 4 nitrogen and oxygen atoms in total. The maximum atomic E-state index is 7.42. The van der Waals surface area contributed by atoms with E-state index in [1.54, 1.807) is 12.1 Å². The molecule has 1 rings (SSSR count). The van der Waals surface area contributed by atoms with E-state index >= 15 is 0 Å². The number of nitrogens with two attached hydrogens (primary N) is 1. The summed E-state index contributed by atoms with van der Waals surface area (Å²) in [6.45, 7) is 6.95. The van der Waals surface area contributed by atoms with Crippen LogP contribution >= 0.6 is 0 Å². The van der Waals surface area contributed by atoms with Crippen molar-refractivity contribution in [1.29, 1.82) is 5.41 Å². The van der Waals surface area contributed by atoms with E-state index in [4.69, 9.17) is 20.6 Å². The Morgan fingerprint density at radius 1 is 1.24 bits per heavy atom. The van der Waals surface area contributed by atoms with E-state index in [0.717, 1.165) is 0 Å². The van der Waals surface area contributed by atoms with Gasteiger partial charge in [0.15, 0.2) is 0 Å². The standard InChI is InChI=1S/C13H20N2O2/c1-13(2,3)17-9-8-16-11-7-5-4-6-10(11)12(14)15/h4-7H,8-9H2,1-3H3,(H3,14,15). The van der Waals surface area contributed by atoms with Crippen LogP contribution in [0.4, 0.5) is 0 Å². The van der Waals surface area contributed by atoms with Gasteiger partial charge in [0.05, 0.1) is 17.8 Å². The molecule has 0 radical (unpaired) electrons. The highest BCUT2D eigenvalue weighted by atomic mass is 16.5. The predicted octanol–water partition coefficient (Wildman–Crippen LogP) is 2.16. The van der Waals surface area contributed by atoms with Crippen LogP contribution in [0, 0.1) is 5.41 Å². The second-order valence-electron chi connectivity index (χ2n) is 4.72. The van der Waals surface area contributed by atoms with Crippen molar-refractivity contribution in [3.63, 3.8) is 0 Å². The fourth-order valence-electron chi connectivity index (χ4n) is 1.31. The average Bonchev–Trinajstić information content (AvgIpc) is 2.23. The van der Waals surface area contributed by atoms with Crippen molar-refractivity contribution in [1.82, 2.24) is 0 Å². The van der Waals surface area contributed by atoms with Gasteiger partial charge in [-0.2, -0.15) is 0 Å². The Morgan fingerprint density at radius 3 is 2.47 bits per heavy atom. The van der Waals surface area contributed by atoms with Crippen LogP contribution in [0.1, 0.15) is 26.3 Å². The monoisotopic (exact) mass is 236 g/mol. The van der Waals surface area contributed by atoms with Crippen molar-refractivity contribution in [2.24, 2.45) is 5.73 Å². The summed E-state index contributed by atoms with van der Waals surface area (Å²) in [5.41, 5.74) is 5.91. The summed E-state index contributed by atoms with van der Waals surface area (Å²) in [6, 6.07) is 7.25. The molecule has 0 aliphatic rings. The molecule has 0 aliphatic heterocycles. The van der Waals surface area contributed by atoms with Gasteiger partial charge in [0.25, 0.3) is 0 Å². The smallest absolute Gasteiger partial charge is 0.130 e. The summed E-state index contributed by atoms with van der Waals surface area (Å²) in [5.74, 6) is 0.634. The third-order valence-corrected chi connectivity index (χ3v) is 2.05. The first-order chi connectivity index (χ1) is 7.90. The van der Waals surface area contributed by atoms with Gasteiger partial charge in [-0.25, -0.2) is 0 Å². The van der Waals surface area contributed by atoms with Gasteiger partial charge < -0.3 is 15.2 Å². The molecule has 94 valence electrons. The van der Waals surface area contributed by atoms with Gasteiger partial charge in [0, 0.05) is 0 Å². The quantitative estimate of drug-likeness (QED) is 0.467. The molecule has 3 N–H and O–H groups in total. The molecule has 4 heteroatoms. The topological polar surface area (TPSA) is 68.3 Å². The van der Waals surface area contributed by atoms with E-state index in [2.05, 4.69) is 0 Å². The highest BCUT2D eigenvalue weighted by Crippen LogP contribution is 2.17. The van der Waals surface area contributed by atoms with Crippen LogP contribution in [0.15, 0.2) is 24.3 Å². The number of ether oxygens (including phenoxy) is 2. The molecule has 1 aromatic carbocycles. The zero-order valence-electron chi connectivity index (χ0n) is 10.6. The molecule has 0 amide bonds. The molecule has 1 aromatic rings. The Balaban J connectivity index is 2.49. The summed E-state index contributed by atoms with van der Waals surface area (Å²) in [5, 5.41) is 7.42. The third kappa shape index (κ3) is 4.87. The zero-order chi connectivity index (χ0) is 12.9. The molecular formula is C13H20N2O2. The van der Waals surface area contributed by atoms with E-state index in [1.807, 2.05) is 32.9 Å². The van der Waals surface area contributed by atoms with Gasteiger partial charge >= 0.3 is 0 Å². The molecule has 17 heavy (non-hydrogen) atoms. The molecule has 0 unspecified atom stereocenters. The lowest BCUT2D eigenvalue weighted by molar-refractivity contribution is -0.0163. The first-order valence-electron chi connectivity index (χ1n) is 5.60. The van der Waals surface area contributed by atoms with E-state index in [0.29, 0.717) is 24.5 Å². The lowest BCUT2D eigenvalue weighted by atomic mass is 10.2. The van der Waals surface area contributed by atoms with Crippen LogP contribution in [0.3, 0.4) is 0 Å². The number of rotatable bonds is 5. The summed E-state index contributed by atoms with van der Waals surface area (Å²) >= 11 is 0. The summed E-state index contributed by atoms with van der Waals surface area (Å²) in [7, 11) is 0. The van der Waals surface area contributed by atoms with Gasteiger partial charge in [-0.1, -0.05) is 12.1 Å². The van der Waals surface area contributed by atoms with Crippen LogP contribution in [0.2, 0.25) is 0 Å². The first kappa shape index (κ1) is 13.5. The summed E-state index contributed by atoms with van der Waals surface area (Å²) in [6.07, 6.45) is 0. The molecule has 0 aromatic heterocycles. The van der Waals surface area contributed by atoms with Crippen molar-refractivity contribution in [3.05, 3.63) is 29.8 Å². The van der Waals surface area contributed by atoms with E-state index in [-0.39, 0.29) is 11.4 Å². The van der Waals surface area contributed by atoms with Crippen LogP contribution in [0.25, 0.3) is 0 Å². The largest absolute Gasteiger partial charge is 0.490 e. The third-order valence-electron chi connectivity index (χ3n) is 2.05. The van der Waals surface area contributed by atoms with Crippen LogP contribution in [0.5, 0.6) is 5.75 Å². The molecule has 0 heterocycles.